The van der Waals surface area contributed by atoms with Gasteiger partial charge in [0.2, 0.25) is 5.91 Å². The summed E-state index contributed by atoms with van der Waals surface area (Å²) in [5.74, 6) is -0.139. The Morgan fingerprint density at radius 3 is 1.84 bits per heavy atom. The molecule has 38 heavy (non-hydrogen) atoms. The van der Waals surface area contributed by atoms with E-state index in [4.69, 9.17) is 14.2 Å². The second kappa shape index (κ2) is 14.4. The van der Waals surface area contributed by atoms with E-state index in [9.17, 15) is 4.79 Å². The molecule has 4 rings (SSSR count). The molecule has 3 aromatic carbocycles. The van der Waals surface area contributed by atoms with Gasteiger partial charge in [0.15, 0.2) is 0 Å². The summed E-state index contributed by atoms with van der Waals surface area (Å²) in [7, 11) is 0. The van der Waals surface area contributed by atoms with Gasteiger partial charge in [-0.1, -0.05) is 104 Å². The van der Waals surface area contributed by atoms with Crippen molar-refractivity contribution in [2.24, 2.45) is 0 Å². The lowest BCUT2D eigenvalue weighted by atomic mass is 9.88. The van der Waals surface area contributed by atoms with Gasteiger partial charge in [-0.05, 0) is 35.6 Å². The fraction of sp³-hybridized carbons (Fsp3) is 0.303. The van der Waals surface area contributed by atoms with Crippen LogP contribution in [-0.4, -0.2) is 41.7 Å². The summed E-state index contributed by atoms with van der Waals surface area (Å²) in [6, 6.07) is 29.8. The molecule has 198 valence electrons. The van der Waals surface area contributed by atoms with Crippen LogP contribution >= 0.6 is 0 Å². The molecule has 1 aliphatic rings. The monoisotopic (exact) mass is 511 g/mol. The van der Waals surface area contributed by atoms with Crippen LogP contribution in [-0.2, 0) is 38.8 Å². The molecular weight excluding hydrogens is 474 g/mol. The van der Waals surface area contributed by atoms with Crippen molar-refractivity contribution >= 4 is 5.91 Å². The van der Waals surface area contributed by atoms with Gasteiger partial charge >= 0.3 is 0 Å². The largest absolute Gasteiger partial charge is 0.375 e. The van der Waals surface area contributed by atoms with Crippen molar-refractivity contribution in [1.29, 1.82) is 0 Å². The molecule has 0 radical (unpaired) electrons. The average molecular weight is 512 g/mol. The number of amides is 1. The number of piperidine rings is 1. The SMILES string of the molecule is C=CC[C@@H]1C[C@@H](OCc2ccccc2)[C@@H](OCc2ccccc2)[C@H](COCc2ccccc2)N1C(=O)C=C. The van der Waals surface area contributed by atoms with Gasteiger partial charge < -0.3 is 19.1 Å². The van der Waals surface area contributed by atoms with Gasteiger partial charge in [-0.3, -0.25) is 4.79 Å². The number of ether oxygens (including phenoxy) is 3. The number of nitrogens with zero attached hydrogens (tertiary/aromatic N) is 1. The van der Waals surface area contributed by atoms with Gasteiger partial charge in [-0.2, -0.15) is 0 Å². The number of hydrogen-bond donors (Lipinski definition) is 0. The number of likely N-dealkylation sites (tertiary alicyclic amines) is 1. The van der Waals surface area contributed by atoms with Gasteiger partial charge in [0, 0.05) is 6.04 Å². The minimum atomic E-state index is -0.389. The Morgan fingerprint density at radius 2 is 1.32 bits per heavy atom. The van der Waals surface area contributed by atoms with E-state index in [1.54, 1.807) is 0 Å². The lowest BCUT2D eigenvalue weighted by Crippen LogP contribution is -2.63. The highest BCUT2D eigenvalue weighted by Crippen LogP contribution is 2.32. The predicted octanol–water partition coefficient (Wildman–Crippen LogP) is 6.11. The smallest absolute Gasteiger partial charge is 0.246 e. The summed E-state index contributed by atoms with van der Waals surface area (Å²) in [6.07, 6.45) is 3.88. The summed E-state index contributed by atoms with van der Waals surface area (Å²) >= 11 is 0. The number of hydrogen-bond acceptors (Lipinski definition) is 4. The first-order chi connectivity index (χ1) is 18.7. The van der Waals surface area contributed by atoms with Crippen LogP contribution in [0.2, 0.25) is 0 Å². The molecule has 1 aliphatic heterocycles. The van der Waals surface area contributed by atoms with Crippen LogP contribution in [0.15, 0.2) is 116 Å². The maximum Gasteiger partial charge on any atom is 0.246 e. The van der Waals surface area contributed by atoms with E-state index < -0.39 is 0 Å². The van der Waals surface area contributed by atoms with Gasteiger partial charge in [-0.25, -0.2) is 0 Å². The molecule has 5 nitrogen and oxygen atoms in total. The highest BCUT2D eigenvalue weighted by Gasteiger charge is 2.45. The maximum atomic E-state index is 13.2. The second-order valence-corrected chi connectivity index (χ2v) is 9.53. The summed E-state index contributed by atoms with van der Waals surface area (Å²) in [5.41, 5.74) is 3.23. The lowest BCUT2D eigenvalue weighted by Gasteiger charge is -2.49. The summed E-state index contributed by atoms with van der Waals surface area (Å²) in [5, 5.41) is 0. The second-order valence-electron chi connectivity index (χ2n) is 9.53. The quantitative estimate of drug-likeness (QED) is 0.205. The van der Waals surface area contributed by atoms with Crippen molar-refractivity contribution in [3.8, 4) is 0 Å². The average Bonchev–Trinajstić information content (AvgIpc) is 2.97. The molecular formula is C33H37NO4. The molecule has 5 heteroatoms. The Bertz CT molecular complexity index is 1140. The molecule has 0 bridgehead atoms. The van der Waals surface area contributed by atoms with E-state index in [0.717, 1.165) is 16.7 Å². The van der Waals surface area contributed by atoms with Crippen molar-refractivity contribution in [3.05, 3.63) is 133 Å². The Hall–Kier alpha value is -3.51. The first-order valence-corrected chi connectivity index (χ1v) is 13.2. The fourth-order valence-corrected chi connectivity index (χ4v) is 5.02. The zero-order valence-electron chi connectivity index (χ0n) is 21.9. The molecule has 1 fully saturated rings. The van der Waals surface area contributed by atoms with Crippen molar-refractivity contribution in [2.45, 2.75) is 57.0 Å². The van der Waals surface area contributed by atoms with E-state index in [1.807, 2.05) is 89.8 Å². The van der Waals surface area contributed by atoms with Gasteiger partial charge in [-0.15, -0.1) is 6.58 Å². The third kappa shape index (κ3) is 7.51. The predicted molar refractivity (Wildman–Crippen MR) is 150 cm³/mol. The third-order valence-electron chi connectivity index (χ3n) is 6.86. The van der Waals surface area contributed by atoms with Crippen molar-refractivity contribution in [3.63, 3.8) is 0 Å². The highest BCUT2D eigenvalue weighted by atomic mass is 16.5. The molecule has 1 amide bonds. The summed E-state index contributed by atoms with van der Waals surface area (Å²) in [6.45, 7) is 9.36. The molecule has 0 saturated carbocycles. The van der Waals surface area contributed by atoms with Crippen LogP contribution in [0, 0.1) is 0 Å². The summed E-state index contributed by atoms with van der Waals surface area (Å²) < 4.78 is 19.3. The molecule has 4 atom stereocenters. The van der Waals surface area contributed by atoms with E-state index in [0.29, 0.717) is 39.3 Å². The van der Waals surface area contributed by atoms with Crippen LogP contribution in [0.4, 0.5) is 0 Å². The zero-order valence-corrected chi connectivity index (χ0v) is 21.9. The Kier molecular flexibility index (Phi) is 10.5. The van der Waals surface area contributed by atoms with E-state index in [1.165, 1.54) is 6.08 Å². The first-order valence-electron chi connectivity index (χ1n) is 13.2. The molecule has 1 saturated heterocycles. The van der Waals surface area contributed by atoms with Gasteiger partial charge in [0.05, 0.1) is 38.6 Å². The van der Waals surface area contributed by atoms with E-state index in [2.05, 4.69) is 25.3 Å². The third-order valence-corrected chi connectivity index (χ3v) is 6.86. The molecule has 0 aliphatic carbocycles. The summed E-state index contributed by atoms with van der Waals surface area (Å²) in [4.78, 5) is 15.1. The maximum absolute atomic E-state index is 13.2. The Balaban J connectivity index is 1.60. The zero-order chi connectivity index (χ0) is 26.6. The standard InChI is InChI=1S/C33H37NO4/c1-3-14-29-21-31(37-23-27-17-10-6-11-18-27)33(38-24-28-19-12-7-13-20-28)30(34(29)32(35)4-2)25-36-22-26-15-8-5-9-16-26/h3-13,15-20,29-31,33H,1-2,14,21-25H2/t29-,30+,31-,33+/m1/s1. The van der Waals surface area contributed by atoms with Crippen molar-refractivity contribution < 1.29 is 19.0 Å². The lowest BCUT2D eigenvalue weighted by molar-refractivity contribution is -0.178. The fourth-order valence-electron chi connectivity index (χ4n) is 5.02. The minimum Gasteiger partial charge on any atom is -0.375 e. The van der Waals surface area contributed by atoms with Crippen LogP contribution in [0.3, 0.4) is 0 Å². The van der Waals surface area contributed by atoms with E-state index >= 15 is 0 Å². The first kappa shape index (κ1) is 27.5. The molecule has 0 unspecified atom stereocenters. The highest BCUT2D eigenvalue weighted by molar-refractivity contribution is 5.87. The van der Waals surface area contributed by atoms with E-state index in [-0.39, 0.29) is 30.2 Å². The molecule has 0 aromatic heterocycles. The molecule has 0 spiro atoms. The van der Waals surface area contributed by atoms with Crippen molar-refractivity contribution in [1.82, 2.24) is 4.90 Å². The Labute approximate surface area is 226 Å². The van der Waals surface area contributed by atoms with Gasteiger partial charge in [0.25, 0.3) is 0 Å². The number of benzene rings is 3. The van der Waals surface area contributed by atoms with Gasteiger partial charge in [0.1, 0.15) is 6.10 Å². The number of carbonyl (C=O) groups is 1. The number of rotatable bonds is 13. The van der Waals surface area contributed by atoms with Crippen LogP contribution < -0.4 is 0 Å². The van der Waals surface area contributed by atoms with Crippen molar-refractivity contribution in [2.75, 3.05) is 6.61 Å². The topological polar surface area (TPSA) is 48.0 Å². The van der Waals surface area contributed by atoms with Crippen LogP contribution in [0.5, 0.6) is 0 Å². The molecule has 3 aromatic rings. The Morgan fingerprint density at radius 1 is 0.789 bits per heavy atom. The molecule has 1 heterocycles. The number of carbonyl (C=O) groups excluding carboxylic acids is 1. The van der Waals surface area contributed by atoms with Crippen LogP contribution in [0.25, 0.3) is 0 Å². The normalized spacial score (nSPS) is 21.1. The minimum absolute atomic E-state index is 0.0966. The molecule has 0 N–H and O–H groups in total. The van der Waals surface area contributed by atoms with Crippen LogP contribution in [0.1, 0.15) is 29.5 Å².